The zero-order valence-electron chi connectivity index (χ0n) is 25.8. The van der Waals surface area contributed by atoms with Crippen molar-refractivity contribution in [2.24, 2.45) is 0 Å². The molecule has 0 unspecified atom stereocenters. The van der Waals surface area contributed by atoms with E-state index >= 15 is 0 Å². The Bertz CT molecular complexity index is 2560. The molecule has 2 aliphatic rings. The van der Waals surface area contributed by atoms with Gasteiger partial charge in [-0.2, -0.15) is 0 Å². The number of furan rings is 1. The van der Waals surface area contributed by atoms with Crippen LogP contribution in [-0.4, -0.2) is 11.4 Å². The maximum atomic E-state index is 6.84. The lowest BCUT2D eigenvalue weighted by atomic mass is 9.43. The fourth-order valence-corrected chi connectivity index (χ4v) is 8.16. The normalized spacial score (nSPS) is 13.7. The minimum Gasteiger partial charge on any atom is -0.454 e. The van der Waals surface area contributed by atoms with Crippen molar-refractivity contribution in [2.75, 3.05) is 4.81 Å². The van der Waals surface area contributed by atoms with Gasteiger partial charge in [0.15, 0.2) is 5.58 Å². The highest BCUT2D eigenvalue weighted by atomic mass is 16.3. The average molecular weight is 579 g/mol. The minimum absolute atomic E-state index is 0.0306. The molecule has 8 aromatic rings. The Labute approximate surface area is 262 Å². The third-order valence-electron chi connectivity index (χ3n) is 10.2. The summed E-state index contributed by atoms with van der Waals surface area (Å²) in [4.78, 5) is 2.59. The first kappa shape index (κ1) is 25.1. The largest absolute Gasteiger partial charge is 0.454 e. The van der Waals surface area contributed by atoms with E-state index in [1.807, 2.05) is 0 Å². The second-order valence-corrected chi connectivity index (χ2v) is 13.8. The van der Waals surface area contributed by atoms with E-state index < -0.39 is 0 Å². The number of rotatable bonds is 1. The van der Waals surface area contributed by atoms with Crippen LogP contribution in [0.15, 0.2) is 120 Å². The Balaban J connectivity index is 1.45. The number of hydrogen-bond acceptors (Lipinski definition) is 2. The first-order valence-corrected chi connectivity index (χ1v) is 15.9. The SMILES string of the molecule is Cc1ccccc1N1B2c3c(cc(C(C)(C)C)cc3-n3c4ccccc4c4cccc2c43)-c2ccc3c(oc4ccccc43)c21. The Morgan fingerprint density at radius 1 is 0.644 bits per heavy atom. The third kappa shape index (κ3) is 3.16. The predicted molar refractivity (Wildman–Crippen MR) is 191 cm³/mol. The van der Waals surface area contributed by atoms with Gasteiger partial charge >= 0.3 is 6.85 Å². The van der Waals surface area contributed by atoms with Gasteiger partial charge in [-0.3, -0.25) is 0 Å². The molecule has 0 atom stereocenters. The number of benzene rings is 6. The third-order valence-corrected chi connectivity index (χ3v) is 10.2. The Hall–Kier alpha value is -5.22. The zero-order chi connectivity index (χ0) is 30.2. The molecular weight excluding hydrogens is 547 g/mol. The molecule has 6 aromatic carbocycles. The molecular formula is C41H31BN2O. The van der Waals surface area contributed by atoms with Crippen LogP contribution in [0.25, 0.3) is 60.6 Å². The van der Waals surface area contributed by atoms with Crippen molar-refractivity contribution in [3.8, 4) is 16.8 Å². The fraction of sp³-hybridized carbons (Fsp3) is 0.122. The number of para-hydroxylation sites is 4. The smallest absolute Gasteiger partial charge is 0.333 e. The quantitative estimate of drug-likeness (QED) is 0.181. The number of fused-ring (bicyclic) bond motifs is 11. The summed E-state index contributed by atoms with van der Waals surface area (Å²) in [6, 6.07) is 42.6. The number of anilines is 2. The highest BCUT2D eigenvalue weighted by Crippen LogP contribution is 2.50. The molecule has 45 heavy (non-hydrogen) atoms. The monoisotopic (exact) mass is 578 g/mol. The maximum Gasteiger partial charge on any atom is 0.333 e. The Morgan fingerprint density at radius 2 is 1.40 bits per heavy atom. The van der Waals surface area contributed by atoms with Gasteiger partial charge in [0, 0.05) is 38.5 Å². The van der Waals surface area contributed by atoms with Crippen LogP contribution >= 0.6 is 0 Å². The number of hydrogen-bond donors (Lipinski definition) is 0. The lowest BCUT2D eigenvalue weighted by molar-refractivity contribution is 0.590. The van der Waals surface area contributed by atoms with Crippen molar-refractivity contribution in [1.29, 1.82) is 0 Å². The van der Waals surface area contributed by atoms with Crippen LogP contribution in [0, 0.1) is 6.92 Å². The average Bonchev–Trinajstić information content (AvgIpc) is 3.60. The molecule has 0 spiro atoms. The lowest BCUT2D eigenvalue weighted by Gasteiger charge is -2.43. The van der Waals surface area contributed by atoms with Crippen LogP contribution in [0.2, 0.25) is 0 Å². The number of aromatic nitrogens is 1. The van der Waals surface area contributed by atoms with E-state index in [1.165, 1.54) is 66.4 Å². The summed E-state index contributed by atoms with van der Waals surface area (Å²) in [6.45, 7) is 9.17. The zero-order valence-corrected chi connectivity index (χ0v) is 25.8. The van der Waals surface area contributed by atoms with Gasteiger partial charge in [-0.1, -0.05) is 106 Å². The molecule has 214 valence electrons. The van der Waals surface area contributed by atoms with E-state index in [1.54, 1.807) is 0 Å². The van der Waals surface area contributed by atoms with Gasteiger partial charge in [-0.05, 0) is 70.3 Å². The topological polar surface area (TPSA) is 21.3 Å². The van der Waals surface area contributed by atoms with Crippen LogP contribution in [0.1, 0.15) is 31.9 Å². The maximum absolute atomic E-state index is 6.84. The molecule has 0 saturated heterocycles. The standard InChI is InChI=1S/C41H31BN2O/c1-24-12-5-8-17-33(24)44-39-29(20-21-30-27-14-7-10-19-36(27)45-40(30)39)31-22-25(41(2,3)4)23-35-37(31)42(44)32-16-11-15-28-26-13-6-9-18-34(26)43(35)38(28)32/h5-23H,1-4H3. The minimum atomic E-state index is -0.0309. The van der Waals surface area contributed by atoms with Gasteiger partial charge in [-0.25, -0.2) is 0 Å². The summed E-state index contributed by atoms with van der Waals surface area (Å²) in [5, 5.41) is 4.90. The molecule has 0 aliphatic carbocycles. The van der Waals surface area contributed by atoms with Gasteiger partial charge in [0.2, 0.25) is 0 Å². The second-order valence-electron chi connectivity index (χ2n) is 13.8. The highest BCUT2D eigenvalue weighted by molar-refractivity contribution is 6.93. The van der Waals surface area contributed by atoms with Crippen LogP contribution in [0.4, 0.5) is 11.4 Å². The highest BCUT2D eigenvalue weighted by Gasteiger charge is 2.45. The van der Waals surface area contributed by atoms with Crippen molar-refractivity contribution in [2.45, 2.75) is 33.1 Å². The summed E-state index contributed by atoms with van der Waals surface area (Å²) in [7, 11) is 0. The lowest BCUT2D eigenvalue weighted by Crippen LogP contribution is -2.60. The Kier molecular flexibility index (Phi) is 4.74. The first-order valence-electron chi connectivity index (χ1n) is 15.9. The van der Waals surface area contributed by atoms with Gasteiger partial charge in [0.1, 0.15) is 5.58 Å². The van der Waals surface area contributed by atoms with Crippen molar-refractivity contribution in [3.05, 3.63) is 126 Å². The molecule has 0 bridgehead atoms. The molecule has 0 N–H and O–H groups in total. The van der Waals surface area contributed by atoms with Crippen LogP contribution in [0.3, 0.4) is 0 Å². The fourth-order valence-electron chi connectivity index (χ4n) is 8.16. The predicted octanol–water partition coefficient (Wildman–Crippen LogP) is 9.53. The molecule has 3 nitrogen and oxygen atoms in total. The summed E-state index contributed by atoms with van der Waals surface area (Å²) < 4.78 is 9.39. The van der Waals surface area contributed by atoms with E-state index in [4.69, 9.17) is 4.42 Å². The molecule has 4 heteroatoms. The molecule has 0 amide bonds. The summed E-state index contributed by atoms with van der Waals surface area (Å²) in [5.41, 5.74) is 15.8. The molecule has 10 rings (SSSR count). The number of nitrogens with zero attached hydrogens (tertiary/aromatic N) is 2. The van der Waals surface area contributed by atoms with Crippen LogP contribution in [0.5, 0.6) is 0 Å². The molecule has 0 fully saturated rings. The van der Waals surface area contributed by atoms with Crippen LogP contribution < -0.4 is 15.7 Å². The molecule has 4 heterocycles. The van der Waals surface area contributed by atoms with Gasteiger partial charge in [0.25, 0.3) is 0 Å². The molecule has 2 aromatic heterocycles. The van der Waals surface area contributed by atoms with Crippen LogP contribution in [-0.2, 0) is 5.41 Å². The molecule has 2 aliphatic heterocycles. The first-order chi connectivity index (χ1) is 21.9. The van der Waals surface area contributed by atoms with E-state index in [2.05, 4.69) is 152 Å². The Morgan fingerprint density at radius 3 is 2.24 bits per heavy atom. The van der Waals surface area contributed by atoms with Crippen molar-refractivity contribution < 1.29 is 4.42 Å². The van der Waals surface area contributed by atoms with Gasteiger partial charge in [-0.15, -0.1) is 0 Å². The summed E-state index contributed by atoms with van der Waals surface area (Å²) in [5.74, 6) is 0. The second kappa shape index (κ2) is 8.48. The van der Waals surface area contributed by atoms with Crippen molar-refractivity contribution in [1.82, 2.24) is 4.57 Å². The van der Waals surface area contributed by atoms with Gasteiger partial charge in [0.05, 0.1) is 16.7 Å². The van der Waals surface area contributed by atoms with E-state index in [0.717, 1.165) is 27.6 Å². The van der Waals surface area contributed by atoms with Gasteiger partial charge < -0.3 is 13.8 Å². The number of aryl methyl sites for hydroxylation is 1. The molecule has 0 radical (unpaired) electrons. The van der Waals surface area contributed by atoms with E-state index in [0.29, 0.717) is 0 Å². The molecule has 0 saturated carbocycles. The summed E-state index contributed by atoms with van der Waals surface area (Å²) in [6.07, 6.45) is 0. The van der Waals surface area contributed by atoms with E-state index in [-0.39, 0.29) is 12.3 Å². The van der Waals surface area contributed by atoms with E-state index in [9.17, 15) is 0 Å². The van der Waals surface area contributed by atoms with Crippen molar-refractivity contribution in [3.63, 3.8) is 0 Å². The summed E-state index contributed by atoms with van der Waals surface area (Å²) >= 11 is 0. The van der Waals surface area contributed by atoms with Crippen molar-refractivity contribution >= 4 is 72.9 Å².